The molecular weight excluding hydrogens is 551 g/mol. The SMILES string of the molecule is Cc1nn(C)cc1C#Cc1cnc(O[C@@H]2CN[C@H](C(=O)O)C2)c(N2CCOC3(COC3)[C@@H]2C)c1.O=C(O)C(F)(F)F. The van der Waals surface area contributed by atoms with E-state index in [0.29, 0.717) is 45.2 Å². The molecule has 3 fully saturated rings. The van der Waals surface area contributed by atoms with Crippen molar-refractivity contribution in [2.75, 3.05) is 37.8 Å². The van der Waals surface area contributed by atoms with Gasteiger partial charge >= 0.3 is 18.1 Å². The van der Waals surface area contributed by atoms with Gasteiger partial charge in [0.2, 0.25) is 5.88 Å². The van der Waals surface area contributed by atoms with Crippen molar-refractivity contribution in [3.63, 3.8) is 0 Å². The minimum atomic E-state index is -5.08. The highest BCUT2D eigenvalue weighted by Gasteiger charge is 2.50. The van der Waals surface area contributed by atoms with Crippen LogP contribution >= 0.6 is 0 Å². The van der Waals surface area contributed by atoms with Gasteiger partial charge in [-0.15, -0.1) is 0 Å². The molecule has 0 radical (unpaired) electrons. The molecule has 0 aromatic carbocycles. The monoisotopic (exact) mass is 581 g/mol. The number of rotatable bonds is 4. The van der Waals surface area contributed by atoms with E-state index in [2.05, 4.69) is 39.1 Å². The fourth-order valence-electron chi connectivity index (χ4n) is 4.71. The van der Waals surface area contributed by atoms with Crippen LogP contribution in [0.4, 0.5) is 18.9 Å². The zero-order valence-corrected chi connectivity index (χ0v) is 22.6. The van der Waals surface area contributed by atoms with Gasteiger partial charge in [-0.25, -0.2) is 9.78 Å². The number of halogens is 3. The van der Waals surface area contributed by atoms with E-state index >= 15 is 0 Å². The molecule has 0 saturated carbocycles. The molecule has 222 valence electrons. The molecule has 3 aliphatic rings. The molecular formula is C26H30F3N5O7. The van der Waals surface area contributed by atoms with Crippen molar-refractivity contribution in [1.29, 1.82) is 0 Å². The number of nitrogens with one attached hydrogen (secondary N) is 1. The van der Waals surface area contributed by atoms with Crippen molar-refractivity contribution in [2.45, 2.75) is 50.2 Å². The number of hydrogen-bond donors (Lipinski definition) is 3. The number of carboxylic acid groups (broad SMARTS) is 2. The maximum Gasteiger partial charge on any atom is 0.490 e. The summed E-state index contributed by atoms with van der Waals surface area (Å²) in [5.74, 6) is 3.24. The van der Waals surface area contributed by atoms with Crippen molar-refractivity contribution >= 4 is 17.6 Å². The van der Waals surface area contributed by atoms with Gasteiger partial charge < -0.3 is 34.6 Å². The van der Waals surface area contributed by atoms with E-state index in [1.807, 2.05) is 26.2 Å². The summed E-state index contributed by atoms with van der Waals surface area (Å²) < 4.78 is 51.3. The number of carbonyl (C=O) groups is 2. The number of hydrogen-bond acceptors (Lipinski definition) is 9. The van der Waals surface area contributed by atoms with Gasteiger partial charge in [0.15, 0.2) is 0 Å². The molecule has 3 atom stereocenters. The standard InChI is InChI=1S/C24H29N5O5.C2HF3O2/c1-15-18(12-28(3)27-15)5-4-17-8-21(29-6-7-33-24(16(29)2)13-32-14-24)22(26-10-17)34-19-9-20(23(30)31)25-11-19;3-2(4,5)1(6)7/h8,10,12,16,19-20,25H,6-7,9,11,13-14H2,1-3H3,(H,30,31);(H,6,7)/t16-,19-,20-;/m0./s1. The van der Waals surface area contributed by atoms with Crippen LogP contribution in [0.1, 0.15) is 30.2 Å². The van der Waals surface area contributed by atoms with Crippen molar-refractivity contribution in [1.82, 2.24) is 20.1 Å². The first-order chi connectivity index (χ1) is 19.3. The molecule has 2 aromatic rings. The van der Waals surface area contributed by atoms with Crippen molar-refractivity contribution in [3.8, 4) is 17.7 Å². The number of anilines is 1. The van der Waals surface area contributed by atoms with E-state index in [9.17, 15) is 23.1 Å². The van der Waals surface area contributed by atoms with E-state index in [0.717, 1.165) is 22.5 Å². The molecule has 0 aliphatic carbocycles. The number of aromatic nitrogens is 3. The Morgan fingerprint density at radius 1 is 1.27 bits per heavy atom. The molecule has 3 saturated heterocycles. The fraction of sp³-hybridized carbons (Fsp3) is 0.538. The first kappa shape index (κ1) is 30.1. The Balaban J connectivity index is 0.000000493. The third-order valence-corrected chi connectivity index (χ3v) is 7.05. The van der Waals surface area contributed by atoms with Crippen molar-refractivity contribution in [3.05, 3.63) is 35.3 Å². The molecule has 0 bridgehead atoms. The van der Waals surface area contributed by atoms with Gasteiger partial charge in [-0.05, 0) is 19.9 Å². The van der Waals surface area contributed by atoms with Gasteiger partial charge in [-0.1, -0.05) is 11.8 Å². The topological polar surface area (TPSA) is 148 Å². The van der Waals surface area contributed by atoms with Gasteiger partial charge in [0.1, 0.15) is 23.4 Å². The van der Waals surface area contributed by atoms with Crippen LogP contribution in [-0.2, 0) is 26.1 Å². The Morgan fingerprint density at radius 2 is 1.98 bits per heavy atom. The van der Waals surface area contributed by atoms with Crippen LogP contribution in [0.3, 0.4) is 0 Å². The third kappa shape index (κ3) is 6.89. The third-order valence-electron chi connectivity index (χ3n) is 7.05. The highest BCUT2D eigenvalue weighted by Crippen LogP contribution is 2.38. The summed E-state index contributed by atoms with van der Waals surface area (Å²) in [5.41, 5.74) is 2.99. The molecule has 5 heterocycles. The number of alkyl halides is 3. The molecule has 41 heavy (non-hydrogen) atoms. The Kier molecular flexibility index (Phi) is 8.76. The molecule has 5 rings (SSSR count). The molecule has 1 spiro atoms. The van der Waals surface area contributed by atoms with Crippen LogP contribution < -0.4 is 15.0 Å². The van der Waals surface area contributed by atoms with E-state index in [4.69, 9.17) is 24.1 Å². The van der Waals surface area contributed by atoms with E-state index < -0.39 is 24.2 Å². The lowest BCUT2D eigenvalue weighted by atomic mass is 9.90. The molecule has 0 unspecified atom stereocenters. The minimum absolute atomic E-state index is 0.0522. The van der Waals surface area contributed by atoms with Crippen LogP contribution in [-0.4, -0.2) is 99.8 Å². The second-order valence-corrected chi connectivity index (χ2v) is 9.95. The lowest BCUT2D eigenvalue weighted by Gasteiger charge is -2.53. The van der Waals surface area contributed by atoms with Crippen LogP contribution in [0.25, 0.3) is 0 Å². The van der Waals surface area contributed by atoms with E-state index in [1.54, 1.807) is 10.9 Å². The van der Waals surface area contributed by atoms with Crippen LogP contribution in [0.15, 0.2) is 18.5 Å². The summed E-state index contributed by atoms with van der Waals surface area (Å²) in [4.78, 5) is 27.1. The normalized spacial score (nSPS) is 23.1. The smallest absolute Gasteiger partial charge is 0.480 e. The van der Waals surface area contributed by atoms with Gasteiger partial charge in [-0.2, -0.15) is 18.3 Å². The molecule has 12 nitrogen and oxygen atoms in total. The number of ether oxygens (including phenoxy) is 3. The lowest BCUT2D eigenvalue weighted by molar-refractivity contribution is -0.228. The Bertz CT molecular complexity index is 1350. The van der Waals surface area contributed by atoms with Crippen molar-refractivity contribution in [2.24, 2.45) is 7.05 Å². The zero-order chi connectivity index (χ0) is 29.9. The number of carboxylic acids is 2. The highest BCUT2D eigenvalue weighted by atomic mass is 19.4. The maximum absolute atomic E-state index is 11.3. The van der Waals surface area contributed by atoms with Crippen LogP contribution in [0.2, 0.25) is 0 Å². The molecule has 2 aromatic heterocycles. The summed E-state index contributed by atoms with van der Waals surface area (Å²) in [6.45, 7) is 6.88. The summed E-state index contributed by atoms with van der Waals surface area (Å²) >= 11 is 0. The molecule has 15 heteroatoms. The number of pyridine rings is 1. The number of morpholine rings is 1. The highest BCUT2D eigenvalue weighted by molar-refractivity contribution is 5.74. The fourth-order valence-corrected chi connectivity index (χ4v) is 4.71. The first-order valence-corrected chi connectivity index (χ1v) is 12.7. The second-order valence-electron chi connectivity index (χ2n) is 9.95. The Morgan fingerprint density at radius 3 is 2.51 bits per heavy atom. The van der Waals surface area contributed by atoms with Crippen LogP contribution in [0.5, 0.6) is 5.88 Å². The Hall–Kier alpha value is -3.87. The average molecular weight is 582 g/mol. The number of nitrogens with zero attached hydrogens (tertiary/aromatic N) is 4. The van der Waals surface area contributed by atoms with Crippen molar-refractivity contribution < 1.29 is 47.2 Å². The molecule has 3 aliphatic heterocycles. The predicted octanol–water partition coefficient (Wildman–Crippen LogP) is 1.34. The van der Waals surface area contributed by atoms with Crippen LogP contribution in [0, 0.1) is 18.8 Å². The zero-order valence-electron chi connectivity index (χ0n) is 22.6. The minimum Gasteiger partial charge on any atom is -0.480 e. The van der Waals surface area contributed by atoms with Gasteiger partial charge in [0.25, 0.3) is 0 Å². The molecule has 3 N–H and O–H groups in total. The Labute approximate surface area is 233 Å². The largest absolute Gasteiger partial charge is 0.490 e. The summed E-state index contributed by atoms with van der Waals surface area (Å²) in [7, 11) is 1.87. The van der Waals surface area contributed by atoms with Gasteiger partial charge in [-0.3, -0.25) is 9.48 Å². The summed E-state index contributed by atoms with van der Waals surface area (Å²) in [5, 5.41) is 23.8. The summed E-state index contributed by atoms with van der Waals surface area (Å²) in [6.07, 6.45) is -1.39. The first-order valence-electron chi connectivity index (χ1n) is 12.7. The summed E-state index contributed by atoms with van der Waals surface area (Å²) in [6, 6.07) is 1.43. The number of aliphatic carboxylic acids is 2. The quantitative estimate of drug-likeness (QED) is 0.450. The molecule has 0 amide bonds. The van der Waals surface area contributed by atoms with Gasteiger partial charge in [0, 0.05) is 44.5 Å². The van der Waals surface area contributed by atoms with E-state index in [1.165, 1.54) is 0 Å². The average Bonchev–Trinajstić information content (AvgIpc) is 3.48. The van der Waals surface area contributed by atoms with Gasteiger partial charge in [0.05, 0.1) is 37.1 Å². The number of aryl methyl sites for hydroxylation is 2. The predicted molar refractivity (Wildman–Crippen MR) is 137 cm³/mol. The maximum atomic E-state index is 11.3. The second kappa shape index (κ2) is 11.9. The lowest BCUT2D eigenvalue weighted by Crippen LogP contribution is -2.68. The van der Waals surface area contributed by atoms with E-state index in [-0.39, 0.29) is 17.7 Å².